The van der Waals surface area contributed by atoms with Crippen molar-refractivity contribution < 1.29 is 28.2 Å². The maximum atomic E-state index is 13.3. The Kier molecular flexibility index (Phi) is 7.27. The van der Waals surface area contributed by atoms with Gasteiger partial charge in [-0.05, 0) is 54.4 Å². The number of amides is 2. The lowest BCUT2D eigenvalue weighted by molar-refractivity contribution is -0.142. The maximum Gasteiger partial charge on any atom is 0.261 e. The molecule has 1 atom stereocenters. The molecule has 176 valence electrons. The van der Waals surface area contributed by atoms with E-state index in [4.69, 9.17) is 14.2 Å². The van der Waals surface area contributed by atoms with Crippen LogP contribution < -0.4 is 19.5 Å². The van der Waals surface area contributed by atoms with E-state index in [2.05, 4.69) is 5.32 Å². The summed E-state index contributed by atoms with van der Waals surface area (Å²) in [4.78, 5) is 27.4. The maximum absolute atomic E-state index is 13.3. The minimum absolute atomic E-state index is 0.135. The molecule has 1 N–H and O–H groups in total. The van der Waals surface area contributed by atoms with Crippen LogP contribution in [-0.2, 0) is 22.7 Å². The molecule has 34 heavy (non-hydrogen) atoms. The number of nitrogens with one attached hydrogen (secondary N) is 1. The second-order valence-electron chi connectivity index (χ2n) is 7.83. The molecule has 1 aliphatic heterocycles. The number of hydrogen-bond acceptors (Lipinski definition) is 5. The van der Waals surface area contributed by atoms with Gasteiger partial charge in [0.05, 0.1) is 0 Å². The molecule has 2 amide bonds. The Morgan fingerprint density at radius 2 is 1.71 bits per heavy atom. The van der Waals surface area contributed by atoms with Crippen LogP contribution in [0.15, 0.2) is 72.8 Å². The zero-order chi connectivity index (χ0) is 23.9. The normalized spacial score (nSPS) is 12.6. The Balaban J connectivity index is 1.42. The molecule has 3 aromatic rings. The van der Waals surface area contributed by atoms with E-state index in [9.17, 15) is 14.0 Å². The van der Waals surface area contributed by atoms with E-state index >= 15 is 0 Å². The summed E-state index contributed by atoms with van der Waals surface area (Å²) < 4.78 is 29.6. The number of benzene rings is 3. The molecule has 3 aromatic carbocycles. The quantitative estimate of drug-likeness (QED) is 0.523. The van der Waals surface area contributed by atoms with Gasteiger partial charge in [-0.1, -0.05) is 36.4 Å². The van der Waals surface area contributed by atoms with Crippen LogP contribution in [0, 0.1) is 5.82 Å². The van der Waals surface area contributed by atoms with Crippen LogP contribution in [-0.4, -0.2) is 36.2 Å². The molecule has 0 saturated carbocycles. The number of para-hydroxylation sites is 1. The monoisotopic (exact) mass is 464 g/mol. The van der Waals surface area contributed by atoms with Gasteiger partial charge in [-0.25, -0.2) is 4.39 Å². The number of carbonyl (C=O) groups excluding carboxylic acids is 2. The van der Waals surface area contributed by atoms with Crippen molar-refractivity contribution in [3.63, 3.8) is 0 Å². The Morgan fingerprint density at radius 1 is 1.00 bits per heavy atom. The van der Waals surface area contributed by atoms with Crippen LogP contribution in [0.4, 0.5) is 4.39 Å². The van der Waals surface area contributed by atoms with Gasteiger partial charge in [-0.2, -0.15) is 0 Å². The standard InChI is InChI=1S/C26H25FN2O5/c1-18(26(31)28-14-20-9-12-23-24(13-20)34-17-33-23)29(15-19-7-10-21(27)11-8-19)25(30)16-32-22-5-3-2-4-6-22/h2-13,18H,14-17H2,1H3,(H,28,31)/t18-/m1/s1. The van der Waals surface area contributed by atoms with Gasteiger partial charge in [0.1, 0.15) is 17.6 Å². The summed E-state index contributed by atoms with van der Waals surface area (Å²) in [6, 6.07) is 19.4. The lowest BCUT2D eigenvalue weighted by Crippen LogP contribution is -2.48. The molecular weight excluding hydrogens is 439 g/mol. The molecule has 0 unspecified atom stereocenters. The average Bonchev–Trinajstić information content (AvgIpc) is 3.33. The van der Waals surface area contributed by atoms with Gasteiger partial charge in [0.25, 0.3) is 5.91 Å². The molecule has 1 aliphatic rings. The lowest BCUT2D eigenvalue weighted by Gasteiger charge is -2.28. The Hall–Kier alpha value is -4.07. The van der Waals surface area contributed by atoms with Crippen molar-refractivity contribution in [2.45, 2.75) is 26.1 Å². The van der Waals surface area contributed by atoms with Gasteiger partial charge in [0.15, 0.2) is 18.1 Å². The summed E-state index contributed by atoms with van der Waals surface area (Å²) in [6.07, 6.45) is 0. The predicted molar refractivity (Wildman–Crippen MR) is 123 cm³/mol. The SMILES string of the molecule is C[C@H](C(=O)NCc1ccc2c(c1)OCO2)N(Cc1ccc(F)cc1)C(=O)COc1ccccc1. The summed E-state index contributed by atoms with van der Waals surface area (Å²) in [5, 5.41) is 2.86. The minimum Gasteiger partial charge on any atom is -0.484 e. The fourth-order valence-corrected chi connectivity index (χ4v) is 3.50. The highest BCUT2D eigenvalue weighted by molar-refractivity contribution is 5.88. The van der Waals surface area contributed by atoms with E-state index in [0.717, 1.165) is 5.56 Å². The van der Waals surface area contributed by atoms with Crippen molar-refractivity contribution >= 4 is 11.8 Å². The number of halogens is 1. The summed E-state index contributed by atoms with van der Waals surface area (Å²) in [5.74, 6) is 0.789. The number of fused-ring (bicyclic) bond motifs is 1. The van der Waals surface area contributed by atoms with Gasteiger partial charge in [0.2, 0.25) is 12.7 Å². The molecule has 0 spiro atoms. The van der Waals surface area contributed by atoms with Crippen molar-refractivity contribution in [1.82, 2.24) is 10.2 Å². The van der Waals surface area contributed by atoms with Crippen molar-refractivity contribution in [2.24, 2.45) is 0 Å². The third-order valence-corrected chi connectivity index (χ3v) is 5.44. The van der Waals surface area contributed by atoms with Gasteiger partial charge in [0, 0.05) is 13.1 Å². The molecule has 0 fully saturated rings. The largest absolute Gasteiger partial charge is 0.484 e. The zero-order valence-corrected chi connectivity index (χ0v) is 18.7. The molecule has 0 aliphatic carbocycles. The summed E-state index contributed by atoms with van der Waals surface area (Å²) >= 11 is 0. The van der Waals surface area contributed by atoms with E-state index in [-0.39, 0.29) is 44.1 Å². The van der Waals surface area contributed by atoms with E-state index in [0.29, 0.717) is 22.8 Å². The van der Waals surface area contributed by atoms with Crippen LogP contribution in [0.25, 0.3) is 0 Å². The molecule has 7 nitrogen and oxygen atoms in total. The topological polar surface area (TPSA) is 77.1 Å². The number of nitrogens with zero attached hydrogens (tertiary/aromatic N) is 1. The van der Waals surface area contributed by atoms with Crippen molar-refractivity contribution in [3.05, 3.63) is 89.7 Å². The van der Waals surface area contributed by atoms with Crippen LogP contribution in [0.1, 0.15) is 18.1 Å². The third kappa shape index (κ3) is 5.83. The molecule has 8 heteroatoms. The van der Waals surface area contributed by atoms with Gasteiger partial charge < -0.3 is 24.4 Å². The fraction of sp³-hybridized carbons (Fsp3) is 0.231. The van der Waals surface area contributed by atoms with E-state index in [1.54, 1.807) is 37.3 Å². The lowest BCUT2D eigenvalue weighted by atomic mass is 10.1. The molecule has 0 bridgehead atoms. The first-order chi connectivity index (χ1) is 16.5. The molecular formula is C26H25FN2O5. The Morgan fingerprint density at radius 3 is 2.47 bits per heavy atom. The number of rotatable bonds is 9. The molecule has 0 saturated heterocycles. The fourth-order valence-electron chi connectivity index (χ4n) is 3.50. The predicted octanol–water partition coefficient (Wildman–Crippen LogP) is 3.67. The average molecular weight is 464 g/mol. The smallest absolute Gasteiger partial charge is 0.261 e. The second kappa shape index (κ2) is 10.7. The summed E-state index contributed by atoms with van der Waals surface area (Å²) in [6.45, 7) is 1.99. The van der Waals surface area contributed by atoms with Gasteiger partial charge in [-0.15, -0.1) is 0 Å². The molecule has 0 radical (unpaired) electrons. The van der Waals surface area contributed by atoms with Crippen molar-refractivity contribution in [2.75, 3.05) is 13.4 Å². The van der Waals surface area contributed by atoms with E-state index in [1.807, 2.05) is 30.3 Å². The Labute approximate surface area is 197 Å². The van der Waals surface area contributed by atoms with Crippen LogP contribution in [0.2, 0.25) is 0 Å². The number of ether oxygens (including phenoxy) is 3. The van der Waals surface area contributed by atoms with Crippen LogP contribution in [0.3, 0.4) is 0 Å². The molecule has 0 aromatic heterocycles. The summed E-state index contributed by atoms with van der Waals surface area (Å²) in [7, 11) is 0. The summed E-state index contributed by atoms with van der Waals surface area (Å²) in [5.41, 5.74) is 1.54. The molecule has 1 heterocycles. The first-order valence-electron chi connectivity index (χ1n) is 10.9. The third-order valence-electron chi connectivity index (χ3n) is 5.44. The second-order valence-corrected chi connectivity index (χ2v) is 7.83. The first-order valence-corrected chi connectivity index (χ1v) is 10.9. The van der Waals surface area contributed by atoms with E-state index < -0.39 is 6.04 Å². The zero-order valence-electron chi connectivity index (χ0n) is 18.7. The first kappa shape index (κ1) is 23.1. The highest BCUT2D eigenvalue weighted by atomic mass is 19.1. The van der Waals surface area contributed by atoms with Gasteiger partial charge >= 0.3 is 0 Å². The van der Waals surface area contributed by atoms with E-state index in [1.165, 1.54) is 17.0 Å². The highest BCUT2D eigenvalue weighted by Crippen LogP contribution is 2.32. The van der Waals surface area contributed by atoms with Crippen LogP contribution in [0.5, 0.6) is 17.2 Å². The number of hydrogen-bond donors (Lipinski definition) is 1. The molecule has 4 rings (SSSR count). The van der Waals surface area contributed by atoms with Crippen molar-refractivity contribution in [1.29, 1.82) is 0 Å². The van der Waals surface area contributed by atoms with Gasteiger partial charge in [-0.3, -0.25) is 9.59 Å². The van der Waals surface area contributed by atoms with Crippen molar-refractivity contribution in [3.8, 4) is 17.2 Å². The minimum atomic E-state index is -0.786. The number of carbonyl (C=O) groups is 2. The van der Waals surface area contributed by atoms with Crippen LogP contribution >= 0.6 is 0 Å². The highest BCUT2D eigenvalue weighted by Gasteiger charge is 2.26. The Bertz CT molecular complexity index is 1140.